The molecule has 0 radical (unpaired) electrons. The molecule has 1 fully saturated rings. The van der Waals surface area contributed by atoms with Crippen LogP contribution in [0, 0.1) is 10.1 Å². The smallest absolute Gasteiger partial charge is 0.335 e. The van der Waals surface area contributed by atoms with Crippen molar-refractivity contribution in [3.8, 4) is 17.2 Å². The number of carbonyl (C=O) groups is 3. The Morgan fingerprint density at radius 2 is 1.59 bits per heavy atom. The van der Waals surface area contributed by atoms with Crippen molar-refractivity contribution in [1.82, 2.24) is 5.32 Å². The fourth-order valence-corrected chi connectivity index (χ4v) is 4.89. The molecule has 234 valence electrons. The first-order valence-electron chi connectivity index (χ1n) is 13.8. The van der Waals surface area contributed by atoms with Crippen molar-refractivity contribution < 1.29 is 33.5 Å². The third-order valence-corrected chi connectivity index (χ3v) is 7.31. The van der Waals surface area contributed by atoms with E-state index in [9.17, 15) is 24.5 Å². The number of imide groups is 2. The largest absolute Gasteiger partial charge is 0.490 e. The SMILES string of the molecule is CCOc1cc(/C=C2\C(=O)NC(=O)N(c3ccc(OCc4ccc(Cl)cc4Cl)cc3)C2=O)ccc1OCc1ccc([N+](=O)[O-])cc1. The van der Waals surface area contributed by atoms with Gasteiger partial charge in [-0.1, -0.05) is 35.3 Å². The van der Waals surface area contributed by atoms with Crippen molar-refractivity contribution in [3.63, 3.8) is 0 Å². The summed E-state index contributed by atoms with van der Waals surface area (Å²) in [6.07, 6.45) is 1.35. The van der Waals surface area contributed by atoms with Gasteiger partial charge in [-0.2, -0.15) is 0 Å². The molecule has 0 atom stereocenters. The van der Waals surface area contributed by atoms with E-state index in [1.54, 1.807) is 67.6 Å². The quantitative estimate of drug-likeness (QED) is 0.0776. The van der Waals surface area contributed by atoms with Crippen molar-refractivity contribution in [1.29, 1.82) is 0 Å². The minimum Gasteiger partial charge on any atom is -0.490 e. The van der Waals surface area contributed by atoms with Crippen LogP contribution in [0.25, 0.3) is 6.08 Å². The average molecular weight is 662 g/mol. The molecule has 0 aliphatic carbocycles. The predicted molar refractivity (Wildman–Crippen MR) is 171 cm³/mol. The van der Waals surface area contributed by atoms with Crippen LogP contribution < -0.4 is 24.4 Å². The van der Waals surface area contributed by atoms with Crippen LogP contribution in [0.5, 0.6) is 17.2 Å². The topological polar surface area (TPSA) is 137 Å². The maximum absolute atomic E-state index is 13.4. The number of nitro benzene ring substituents is 1. The lowest BCUT2D eigenvalue weighted by atomic mass is 10.1. The van der Waals surface area contributed by atoms with Gasteiger partial charge in [0.1, 0.15) is 24.5 Å². The molecule has 1 aliphatic heterocycles. The van der Waals surface area contributed by atoms with Crippen LogP contribution in [0.4, 0.5) is 16.2 Å². The molecule has 1 heterocycles. The zero-order chi connectivity index (χ0) is 32.8. The maximum atomic E-state index is 13.4. The highest BCUT2D eigenvalue weighted by molar-refractivity contribution is 6.39. The number of nitro groups is 1. The van der Waals surface area contributed by atoms with Crippen molar-refractivity contribution >= 4 is 58.5 Å². The lowest BCUT2D eigenvalue weighted by Crippen LogP contribution is -2.54. The second-order valence-corrected chi connectivity index (χ2v) is 10.7. The fraction of sp³-hybridized carbons (Fsp3) is 0.121. The van der Waals surface area contributed by atoms with E-state index in [4.69, 9.17) is 37.4 Å². The first kappa shape index (κ1) is 32.0. The molecule has 13 heteroatoms. The summed E-state index contributed by atoms with van der Waals surface area (Å²) in [7, 11) is 0. The van der Waals surface area contributed by atoms with Gasteiger partial charge in [-0.15, -0.1) is 0 Å². The molecule has 0 unspecified atom stereocenters. The zero-order valence-electron chi connectivity index (χ0n) is 24.2. The first-order valence-corrected chi connectivity index (χ1v) is 14.6. The molecular formula is C33H25Cl2N3O8. The Hall–Kier alpha value is -5.39. The number of hydrogen-bond acceptors (Lipinski definition) is 8. The van der Waals surface area contributed by atoms with Crippen LogP contribution in [-0.4, -0.2) is 29.4 Å². The van der Waals surface area contributed by atoms with Crippen LogP contribution in [0.1, 0.15) is 23.6 Å². The van der Waals surface area contributed by atoms with Gasteiger partial charge in [-0.05, 0) is 84.8 Å². The third kappa shape index (κ3) is 7.45. The van der Waals surface area contributed by atoms with Crippen LogP contribution in [-0.2, 0) is 22.8 Å². The number of ether oxygens (including phenoxy) is 3. The van der Waals surface area contributed by atoms with Crippen LogP contribution in [0.2, 0.25) is 10.0 Å². The molecule has 11 nitrogen and oxygen atoms in total. The highest BCUT2D eigenvalue weighted by Crippen LogP contribution is 2.32. The first-order chi connectivity index (χ1) is 22.1. The minimum absolute atomic E-state index is 0.0280. The number of rotatable bonds is 11. The Morgan fingerprint density at radius 3 is 2.26 bits per heavy atom. The van der Waals surface area contributed by atoms with Gasteiger partial charge < -0.3 is 14.2 Å². The summed E-state index contributed by atoms with van der Waals surface area (Å²) >= 11 is 12.1. The van der Waals surface area contributed by atoms with Gasteiger partial charge >= 0.3 is 6.03 Å². The molecule has 5 rings (SSSR count). The Kier molecular flexibility index (Phi) is 9.85. The van der Waals surface area contributed by atoms with E-state index in [2.05, 4.69) is 5.32 Å². The minimum atomic E-state index is -0.890. The standard InChI is InChI=1S/C33H25Cl2N3O8/c1-2-44-30-16-21(5-14-29(30)46-18-20-3-8-25(9-4-20)38(42)43)15-27-31(39)36-33(41)37(32(27)40)24-10-12-26(13-11-24)45-19-22-6-7-23(34)17-28(22)35/h3-17H,2,18-19H2,1H3,(H,36,39,41)/b27-15+. The molecule has 0 spiro atoms. The molecule has 4 aromatic carbocycles. The van der Waals surface area contributed by atoms with Crippen LogP contribution in [0.15, 0.2) is 90.5 Å². The molecule has 0 aromatic heterocycles. The Morgan fingerprint density at radius 1 is 0.848 bits per heavy atom. The highest BCUT2D eigenvalue weighted by Gasteiger charge is 2.36. The maximum Gasteiger partial charge on any atom is 0.335 e. The fourth-order valence-electron chi connectivity index (χ4n) is 4.43. The number of barbiturate groups is 1. The number of carbonyl (C=O) groups excluding carboxylic acids is 3. The number of nitrogens with zero attached hydrogens (tertiary/aromatic N) is 2. The van der Waals surface area contributed by atoms with Gasteiger partial charge in [0.2, 0.25) is 0 Å². The number of hydrogen-bond donors (Lipinski definition) is 1. The Bertz CT molecular complexity index is 1840. The lowest BCUT2D eigenvalue weighted by Gasteiger charge is -2.26. The van der Waals surface area contributed by atoms with Gasteiger partial charge in [0.15, 0.2) is 11.5 Å². The van der Waals surface area contributed by atoms with E-state index < -0.39 is 22.8 Å². The van der Waals surface area contributed by atoms with Crippen LogP contribution in [0.3, 0.4) is 0 Å². The Balaban J connectivity index is 1.31. The van der Waals surface area contributed by atoms with Crippen molar-refractivity contribution in [2.24, 2.45) is 0 Å². The predicted octanol–water partition coefficient (Wildman–Crippen LogP) is 7.12. The van der Waals surface area contributed by atoms with Gasteiger partial charge in [0, 0.05) is 27.7 Å². The lowest BCUT2D eigenvalue weighted by molar-refractivity contribution is -0.384. The number of urea groups is 1. The molecule has 1 saturated heterocycles. The molecule has 4 amide bonds. The van der Waals surface area contributed by atoms with Gasteiger partial charge in [0.25, 0.3) is 17.5 Å². The number of amides is 4. The summed E-state index contributed by atoms with van der Waals surface area (Å²) in [5, 5.41) is 14.1. The van der Waals surface area contributed by atoms with Gasteiger partial charge in [-0.3, -0.25) is 25.0 Å². The zero-order valence-corrected chi connectivity index (χ0v) is 25.7. The van der Waals surface area contributed by atoms with E-state index >= 15 is 0 Å². The van der Waals surface area contributed by atoms with Gasteiger partial charge in [0.05, 0.1) is 17.2 Å². The molecule has 4 aromatic rings. The van der Waals surface area contributed by atoms with Crippen molar-refractivity contribution in [2.75, 3.05) is 11.5 Å². The molecule has 1 N–H and O–H groups in total. The number of anilines is 1. The highest BCUT2D eigenvalue weighted by atomic mass is 35.5. The van der Waals surface area contributed by atoms with E-state index in [-0.39, 0.29) is 30.2 Å². The number of benzene rings is 4. The third-order valence-electron chi connectivity index (χ3n) is 6.73. The summed E-state index contributed by atoms with van der Waals surface area (Å²) < 4.78 is 17.4. The molecular weight excluding hydrogens is 637 g/mol. The summed E-state index contributed by atoms with van der Waals surface area (Å²) in [6.45, 7) is 2.39. The van der Waals surface area contributed by atoms with Crippen molar-refractivity contribution in [2.45, 2.75) is 20.1 Å². The normalized spacial score (nSPS) is 13.8. The van der Waals surface area contributed by atoms with E-state index in [0.717, 1.165) is 10.5 Å². The molecule has 0 saturated carbocycles. The van der Waals surface area contributed by atoms with Crippen LogP contribution >= 0.6 is 23.2 Å². The summed E-state index contributed by atoms with van der Waals surface area (Å²) in [5.41, 5.74) is 1.81. The average Bonchev–Trinajstić information content (AvgIpc) is 3.03. The van der Waals surface area contributed by atoms with E-state index in [0.29, 0.717) is 45.0 Å². The number of halogens is 2. The summed E-state index contributed by atoms with van der Waals surface area (Å²) in [5.74, 6) is -0.454. The monoisotopic (exact) mass is 661 g/mol. The molecule has 46 heavy (non-hydrogen) atoms. The van der Waals surface area contributed by atoms with Gasteiger partial charge in [-0.25, -0.2) is 9.69 Å². The second kappa shape index (κ2) is 14.1. The summed E-state index contributed by atoms with van der Waals surface area (Å²) in [6, 6.07) is 21.2. The van der Waals surface area contributed by atoms with E-state index in [1.807, 2.05) is 0 Å². The number of nitrogens with one attached hydrogen (secondary N) is 1. The van der Waals surface area contributed by atoms with Crippen molar-refractivity contribution in [3.05, 3.63) is 127 Å². The molecule has 0 bridgehead atoms. The second-order valence-electron chi connectivity index (χ2n) is 9.83. The molecule has 1 aliphatic rings. The Labute approximate surface area is 273 Å². The number of non-ortho nitro benzene ring substituents is 1. The summed E-state index contributed by atoms with van der Waals surface area (Å²) in [4.78, 5) is 50.2. The van der Waals surface area contributed by atoms with E-state index in [1.165, 1.54) is 30.3 Å².